The minimum atomic E-state index is -1.03. The Morgan fingerprint density at radius 3 is 1.76 bits per heavy atom. The predicted octanol–water partition coefficient (Wildman–Crippen LogP) is 2.67. The maximum atomic E-state index is 12.9. The van der Waals surface area contributed by atoms with Gasteiger partial charge in [-0.3, -0.25) is 9.59 Å². The van der Waals surface area contributed by atoms with Crippen LogP contribution >= 0.6 is 7.92 Å². The first-order valence-corrected chi connectivity index (χ1v) is 10.6. The minimum absolute atomic E-state index is 0.0640. The van der Waals surface area contributed by atoms with Crippen molar-refractivity contribution in [3.8, 4) is 0 Å². The average molecular weight is 403 g/mol. The van der Waals surface area contributed by atoms with Crippen molar-refractivity contribution in [1.82, 2.24) is 5.06 Å². The number of hydrogen-bond acceptors (Lipinski definition) is 4. The van der Waals surface area contributed by atoms with Crippen molar-refractivity contribution in [3.05, 3.63) is 90.5 Å². The maximum Gasteiger partial charge on any atom is 0.364 e. The molecule has 0 atom stereocenters. The number of carbonyl (C=O) groups is 3. The molecular weight excluding hydrogens is 385 g/mol. The second-order valence-electron chi connectivity index (χ2n) is 6.48. The summed E-state index contributed by atoms with van der Waals surface area (Å²) in [5.41, 5.74) is 0.346. The summed E-state index contributed by atoms with van der Waals surface area (Å²) >= 11 is 0. The fraction of sp³-hybridized carbons (Fsp3) is 0.0870. The summed E-state index contributed by atoms with van der Waals surface area (Å²) in [6.07, 6.45) is 0.128. The zero-order valence-electron chi connectivity index (χ0n) is 15.5. The number of imide groups is 1. The van der Waals surface area contributed by atoms with E-state index in [0.717, 1.165) is 15.9 Å². The minimum Gasteiger partial charge on any atom is -0.325 e. The number of hydroxylamine groups is 2. The number of hydrogen-bond donors (Lipinski definition) is 0. The molecule has 0 radical (unpaired) electrons. The van der Waals surface area contributed by atoms with Crippen LogP contribution in [-0.4, -0.2) is 22.8 Å². The first-order valence-electron chi connectivity index (χ1n) is 9.22. The Bertz CT molecular complexity index is 997. The molecule has 6 heteroatoms. The molecule has 3 aromatic carbocycles. The largest absolute Gasteiger partial charge is 0.364 e. The predicted molar refractivity (Wildman–Crippen MR) is 112 cm³/mol. The Morgan fingerprint density at radius 1 is 0.724 bits per heavy atom. The van der Waals surface area contributed by atoms with Crippen molar-refractivity contribution in [2.45, 2.75) is 12.8 Å². The molecule has 1 aliphatic heterocycles. The van der Waals surface area contributed by atoms with Crippen LogP contribution in [0.15, 0.2) is 84.9 Å². The molecule has 3 aromatic rings. The third-order valence-corrected chi connectivity index (χ3v) is 7.07. The second kappa shape index (κ2) is 8.38. The first kappa shape index (κ1) is 19.0. The second-order valence-corrected chi connectivity index (χ2v) is 8.67. The fourth-order valence-corrected chi connectivity index (χ4v) is 5.65. The smallest absolute Gasteiger partial charge is 0.325 e. The molecule has 4 rings (SSSR count). The highest BCUT2D eigenvalue weighted by molar-refractivity contribution is 7.80. The number of benzene rings is 3. The Labute approximate surface area is 169 Å². The molecule has 0 aliphatic carbocycles. The lowest BCUT2D eigenvalue weighted by molar-refractivity contribution is -0.172. The van der Waals surface area contributed by atoms with E-state index in [-0.39, 0.29) is 12.8 Å². The van der Waals surface area contributed by atoms with Crippen molar-refractivity contribution in [2.24, 2.45) is 0 Å². The molecule has 0 unspecified atom stereocenters. The van der Waals surface area contributed by atoms with Crippen molar-refractivity contribution in [1.29, 1.82) is 0 Å². The highest BCUT2D eigenvalue weighted by Crippen LogP contribution is 2.34. The quantitative estimate of drug-likeness (QED) is 0.485. The van der Waals surface area contributed by atoms with E-state index in [0.29, 0.717) is 10.6 Å². The van der Waals surface area contributed by atoms with Crippen LogP contribution in [0.3, 0.4) is 0 Å². The van der Waals surface area contributed by atoms with Gasteiger partial charge in [0.15, 0.2) is 0 Å². The summed E-state index contributed by atoms with van der Waals surface area (Å²) in [6.45, 7) is 0. The van der Waals surface area contributed by atoms with Crippen LogP contribution < -0.4 is 15.9 Å². The van der Waals surface area contributed by atoms with Gasteiger partial charge in [-0.05, 0) is 29.9 Å². The summed E-state index contributed by atoms with van der Waals surface area (Å²) in [6, 6.07) is 27.1. The van der Waals surface area contributed by atoms with Crippen LogP contribution in [-0.2, 0) is 14.4 Å². The van der Waals surface area contributed by atoms with E-state index in [1.54, 1.807) is 12.1 Å². The van der Waals surface area contributed by atoms with Crippen LogP contribution in [0.1, 0.15) is 23.2 Å². The van der Waals surface area contributed by atoms with E-state index < -0.39 is 25.7 Å². The van der Waals surface area contributed by atoms with Crippen LogP contribution in [0.25, 0.3) is 0 Å². The van der Waals surface area contributed by atoms with Crippen LogP contribution in [0.5, 0.6) is 0 Å². The Balaban J connectivity index is 1.76. The highest BCUT2D eigenvalue weighted by atomic mass is 31.1. The van der Waals surface area contributed by atoms with Gasteiger partial charge in [-0.1, -0.05) is 78.9 Å². The van der Waals surface area contributed by atoms with E-state index in [1.807, 2.05) is 72.8 Å². The molecule has 0 aromatic heterocycles. The molecule has 1 saturated heterocycles. The molecule has 1 aliphatic rings. The van der Waals surface area contributed by atoms with E-state index in [1.165, 1.54) is 0 Å². The maximum absolute atomic E-state index is 12.9. The van der Waals surface area contributed by atoms with Gasteiger partial charge in [0.25, 0.3) is 11.8 Å². The first-order chi connectivity index (χ1) is 14.1. The van der Waals surface area contributed by atoms with Crippen LogP contribution in [0, 0.1) is 0 Å². The third-order valence-electron chi connectivity index (χ3n) is 4.57. The van der Waals surface area contributed by atoms with Gasteiger partial charge in [-0.25, -0.2) is 4.79 Å². The molecule has 144 valence electrons. The molecule has 5 nitrogen and oxygen atoms in total. The van der Waals surface area contributed by atoms with Gasteiger partial charge in [0.05, 0.1) is 5.56 Å². The van der Waals surface area contributed by atoms with E-state index in [2.05, 4.69) is 0 Å². The topological polar surface area (TPSA) is 63.7 Å². The van der Waals surface area contributed by atoms with Crippen molar-refractivity contribution in [3.63, 3.8) is 0 Å². The number of nitrogens with zero attached hydrogens (tertiary/aromatic N) is 1. The summed E-state index contributed by atoms with van der Waals surface area (Å²) in [7, 11) is -1.03. The Hall–Kier alpha value is -3.30. The van der Waals surface area contributed by atoms with Crippen molar-refractivity contribution >= 4 is 41.6 Å². The zero-order valence-corrected chi connectivity index (χ0v) is 16.4. The number of rotatable bonds is 5. The van der Waals surface area contributed by atoms with E-state index >= 15 is 0 Å². The molecule has 2 amide bonds. The summed E-state index contributed by atoms with van der Waals surface area (Å²) in [5, 5.41) is 3.57. The molecule has 29 heavy (non-hydrogen) atoms. The van der Waals surface area contributed by atoms with Gasteiger partial charge in [0, 0.05) is 12.8 Å². The summed E-state index contributed by atoms with van der Waals surface area (Å²) in [4.78, 5) is 41.8. The van der Waals surface area contributed by atoms with Gasteiger partial charge in [-0.2, -0.15) is 0 Å². The SMILES string of the molecule is O=C(ON1C(=O)CCC1=O)c1ccccc1P(c1ccccc1)c1ccccc1. The Kier molecular flexibility index (Phi) is 5.50. The van der Waals surface area contributed by atoms with Crippen molar-refractivity contribution in [2.75, 3.05) is 0 Å². The average Bonchev–Trinajstić information content (AvgIpc) is 3.08. The monoisotopic (exact) mass is 403 g/mol. The summed E-state index contributed by atoms with van der Waals surface area (Å²) in [5.74, 6) is -1.69. The lowest BCUT2D eigenvalue weighted by Gasteiger charge is -2.22. The highest BCUT2D eigenvalue weighted by Gasteiger charge is 2.34. The van der Waals surface area contributed by atoms with E-state index in [9.17, 15) is 14.4 Å². The molecule has 0 N–H and O–H groups in total. The van der Waals surface area contributed by atoms with Gasteiger partial charge in [-0.15, -0.1) is 5.06 Å². The number of carbonyl (C=O) groups excluding carboxylic acids is 3. The lowest BCUT2D eigenvalue weighted by Crippen LogP contribution is -2.34. The molecular formula is C23H18NO4P. The van der Waals surface area contributed by atoms with Gasteiger partial charge < -0.3 is 4.84 Å². The van der Waals surface area contributed by atoms with Crippen LogP contribution in [0.2, 0.25) is 0 Å². The molecule has 0 spiro atoms. The normalized spacial score (nSPS) is 13.8. The molecule has 1 fully saturated rings. The number of amides is 2. The van der Waals surface area contributed by atoms with E-state index in [4.69, 9.17) is 4.84 Å². The third kappa shape index (κ3) is 3.96. The van der Waals surface area contributed by atoms with Gasteiger partial charge in [0.2, 0.25) is 0 Å². The van der Waals surface area contributed by atoms with Crippen LogP contribution in [0.4, 0.5) is 0 Å². The van der Waals surface area contributed by atoms with Crippen molar-refractivity contribution < 1.29 is 19.2 Å². The summed E-state index contributed by atoms with van der Waals surface area (Å²) < 4.78 is 0. The zero-order chi connectivity index (χ0) is 20.2. The van der Waals surface area contributed by atoms with Gasteiger partial charge >= 0.3 is 5.97 Å². The standard InChI is InChI=1S/C23H18NO4P/c25-21-15-16-22(26)24(21)28-23(27)19-13-7-8-14-20(19)29(17-9-3-1-4-10-17)18-11-5-2-6-12-18/h1-14H,15-16H2. The fourth-order valence-electron chi connectivity index (χ4n) is 3.21. The molecule has 0 bridgehead atoms. The molecule has 1 heterocycles. The lowest BCUT2D eigenvalue weighted by atomic mass is 10.2. The van der Waals surface area contributed by atoms with Gasteiger partial charge in [0.1, 0.15) is 0 Å². The Morgan fingerprint density at radius 2 is 1.21 bits per heavy atom. The molecule has 0 saturated carbocycles.